The number of aliphatic hydroxyl groups is 1. The Hall–Kier alpha value is -2.52. The van der Waals surface area contributed by atoms with Gasteiger partial charge < -0.3 is 15.2 Å². The Labute approximate surface area is 136 Å². The minimum Gasteiger partial charge on any atom is -0.496 e. The normalized spacial score (nSPS) is 10.7. The predicted octanol–water partition coefficient (Wildman–Crippen LogP) is 4.00. The van der Waals surface area contributed by atoms with E-state index >= 15 is 0 Å². The van der Waals surface area contributed by atoms with Gasteiger partial charge in [0.1, 0.15) is 5.75 Å². The van der Waals surface area contributed by atoms with Gasteiger partial charge in [0.15, 0.2) is 0 Å². The lowest BCUT2D eigenvalue weighted by atomic mass is 10.0. The molecule has 0 aliphatic heterocycles. The van der Waals surface area contributed by atoms with Crippen LogP contribution in [0.1, 0.15) is 11.1 Å². The molecule has 2 N–H and O–H groups in total. The summed E-state index contributed by atoms with van der Waals surface area (Å²) >= 11 is 0. The van der Waals surface area contributed by atoms with Crippen LogP contribution in [0, 0.1) is 0 Å². The Bertz CT molecular complexity index is 781. The van der Waals surface area contributed by atoms with Crippen molar-refractivity contribution in [3.63, 3.8) is 0 Å². The fourth-order valence-corrected chi connectivity index (χ4v) is 2.80. The van der Waals surface area contributed by atoms with Crippen molar-refractivity contribution in [1.29, 1.82) is 0 Å². The van der Waals surface area contributed by atoms with Gasteiger partial charge in [-0.1, -0.05) is 42.5 Å². The Morgan fingerprint density at radius 3 is 2.48 bits per heavy atom. The van der Waals surface area contributed by atoms with Crippen molar-refractivity contribution in [2.45, 2.75) is 13.0 Å². The summed E-state index contributed by atoms with van der Waals surface area (Å²) < 4.78 is 5.53. The molecule has 118 valence electrons. The molecule has 3 aromatic rings. The van der Waals surface area contributed by atoms with Gasteiger partial charge in [0, 0.05) is 24.4 Å². The number of benzene rings is 3. The van der Waals surface area contributed by atoms with Crippen molar-refractivity contribution in [3.05, 3.63) is 71.8 Å². The van der Waals surface area contributed by atoms with E-state index in [-0.39, 0.29) is 6.61 Å². The number of nitrogens with one attached hydrogen (secondary N) is 1. The van der Waals surface area contributed by atoms with Crippen molar-refractivity contribution in [2.75, 3.05) is 19.0 Å². The van der Waals surface area contributed by atoms with Gasteiger partial charge in [0.2, 0.25) is 0 Å². The van der Waals surface area contributed by atoms with Gasteiger partial charge in [-0.25, -0.2) is 0 Å². The monoisotopic (exact) mass is 307 g/mol. The standard InChI is InChI=1S/C20H21NO2/c1-23-20-11-8-16-4-2-3-5-18(16)19(20)14-21-17-9-6-15(7-10-17)12-13-22/h2-11,21-22H,12-14H2,1H3. The molecule has 3 nitrogen and oxygen atoms in total. The molecule has 0 unspecified atom stereocenters. The van der Waals surface area contributed by atoms with Crippen LogP contribution in [-0.2, 0) is 13.0 Å². The van der Waals surface area contributed by atoms with Crippen LogP contribution in [0.25, 0.3) is 10.8 Å². The van der Waals surface area contributed by atoms with E-state index in [0.717, 1.165) is 22.6 Å². The van der Waals surface area contributed by atoms with E-state index in [1.54, 1.807) is 7.11 Å². The van der Waals surface area contributed by atoms with Crippen molar-refractivity contribution in [2.24, 2.45) is 0 Å². The molecule has 0 aliphatic rings. The molecule has 3 aromatic carbocycles. The molecular weight excluding hydrogens is 286 g/mol. The summed E-state index contributed by atoms with van der Waals surface area (Å²) in [7, 11) is 1.71. The largest absolute Gasteiger partial charge is 0.496 e. The van der Waals surface area contributed by atoms with E-state index in [2.05, 4.69) is 29.6 Å². The van der Waals surface area contributed by atoms with Crippen LogP contribution in [0.4, 0.5) is 5.69 Å². The SMILES string of the molecule is COc1ccc2ccccc2c1CNc1ccc(CCO)cc1. The van der Waals surface area contributed by atoms with Gasteiger partial charge in [-0.3, -0.25) is 0 Å². The van der Waals surface area contributed by atoms with E-state index in [1.807, 2.05) is 36.4 Å². The number of aliphatic hydroxyl groups excluding tert-OH is 1. The summed E-state index contributed by atoms with van der Waals surface area (Å²) in [6.45, 7) is 0.879. The lowest BCUT2D eigenvalue weighted by Crippen LogP contribution is -2.03. The molecule has 0 amide bonds. The molecule has 0 spiro atoms. The first kappa shape index (κ1) is 15.4. The van der Waals surface area contributed by atoms with Crippen LogP contribution >= 0.6 is 0 Å². The topological polar surface area (TPSA) is 41.5 Å². The lowest BCUT2D eigenvalue weighted by Gasteiger charge is -2.14. The van der Waals surface area contributed by atoms with Crippen LogP contribution in [0.3, 0.4) is 0 Å². The molecule has 3 rings (SSSR count). The molecule has 0 bridgehead atoms. The maximum atomic E-state index is 8.97. The molecule has 0 saturated heterocycles. The lowest BCUT2D eigenvalue weighted by molar-refractivity contribution is 0.299. The molecule has 0 aromatic heterocycles. The first-order valence-corrected chi connectivity index (χ1v) is 7.80. The second-order valence-electron chi connectivity index (χ2n) is 5.49. The number of hydrogen-bond donors (Lipinski definition) is 2. The smallest absolute Gasteiger partial charge is 0.124 e. The Kier molecular flexibility index (Phi) is 4.79. The molecule has 0 saturated carbocycles. The fraction of sp³-hybridized carbons (Fsp3) is 0.200. The summed E-state index contributed by atoms with van der Waals surface area (Å²) in [6, 6.07) is 20.6. The molecular formula is C20H21NO2. The predicted molar refractivity (Wildman–Crippen MR) is 95.1 cm³/mol. The van der Waals surface area contributed by atoms with E-state index in [1.165, 1.54) is 10.8 Å². The average Bonchev–Trinajstić information content (AvgIpc) is 2.61. The summed E-state index contributed by atoms with van der Waals surface area (Å²) in [4.78, 5) is 0. The molecule has 23 heavy (non-hydrogen) atoms. The Balaban J connectivity index is 1.83. The van der Waals surface area contributed by atoms with Crippen LogP contribution in [0.5, 0.6) is 5.75 Å². The van der Waals surface area contributed by atoms with Gasteiger partial charge >= 0.3 is 0 Å². The zero-order valence-electron chi connectivity index (χ0n) is 13.3. The van der Waals surface area contributed by atoms with Crippen LogP contribution in [-0.4, -0.2) is 18.8 Å². The maximum Gasteiger partial charge on any atom is 0.124 e. The third-order valence-corrected chi connectivity index (χ3v) is 4.04. The third-order valence-electron chi connectivity index (χ3n) is 4.04. The number of rotatable bonds is 6. The van der Waals surface area contributed by atoms with E-state index in [9.17, 15) is 0 Å². The minimum absolute atomic E-state index is 0.181. The van der Waals surface area contributed by atoms with Crippen LogP contribution in [0.2, 0.25) is 0 Å². The molecule has 0 radical (unpaired) electrons. The zero-order chi connectivity index (χ0) is 16.1. The quantitative estimate of drug-likeness (QED) is 0.723. The first-order valence-electron chi connectivity index (χ1n) is 7.80. The molecule has 0 aliphatic carbocycles. The highest BCUT2D eigenvalue weighted by atomic mass is 16.5. The second kappa shape index (κ2) is 7.16. The van der Waals surface area contributed by atoms with E-state index in [4.69, 9.17) is 9.84 Å². The van der Waals surface area contributed by atoms with E-state index < -0.39 is 0 Å². The van der Waals surface area contributed by atoms with Crippen molar-refractivity contribution in [3.8, 4) is 5.75 Å². The number of hydrogen-bond acceptors (Lipinski definition) is 3. The highest BCUT2D eigenvalue weighted by Crippen LogP contribution is 2.28. The number of ether oxygens (including phenoxy) is 1. The molecule has 3 heteroatoms. The van der Waals surface area contributed by atoms with Gasteiger partial charge in [0.05, 0.1) is 7.11 Å². The van der Waals surface area contributed by atoms with Crippen molar-refractivity contribution < 1.29 is 9.84 Å². The molecule has 0 heterocycles. The van der Waals surface area contributed by atoms with Gasteiger partial charge in [-0.05, 0) is 41.0 Å². The number of anilines is 1. The highest BCUT2D eigenvalue weighted by Gasteiger charge is 2.08. The number of fused-ring (bicyclic) bond motifs is 1. The highest BCUT2D eigenvalue weighted by molar-refractivity contribution is 5.88. The second-order valence-corrected chi connectivity index (χ2v) is 5.49. The summed E-state index contributed by atoms with van der Waals surface area (Å²) in [5.41, 5.74) is 3.35. The van der Waals surface area contributed by atoms with Crippen LogP contribution in [0.15, 0.2) is 60.7 Å². The van der Waals surface area contributed by atoms with Crippen molar-refractivity contribution >= 4 is 16.5 Å². The first-order chi connectivity index (χ1) is 11.3. The van der Waals surface area contributed by atoms with Gasteiger partial charge in [-0.15, -0.1) is 0 Å². The third kappa shape index (κ3) is 3.46. The average molecular weight is 307 g/mol. The zero-order valence-corrected chi connectivity index (χ0v) is 13.3. The number of methoxy groups -OCH3 is 1. The minimum atomic E-state index is 0.181. The van der Waals surface area contributed by atoms with E-state index in [0.29, 0.717) is 13.0 Å². The maximum absolute atomic E-state index is 8.97. The summed E-state index contributed by atoms with van der Waals surface area (Å²) in [5, 5.41) is 14.8. The Morgan fingerprint density at radius 1 is 0.957 bits per heavy atom. The summed E-state index contributed by atoms with van der Waals surface area (Å²) in [5.74, 6) is 0.896. The molecule has 0 atom stereocenters. The van der Waals surface area contributed by atoms with Gasteiger partial charge in [-0.2, -0.15) is 0 Å². The summed E-state index contributed by atoms with van der Waals surface area (Å²) in [6.07, 6.45) is 0.692. The molecule has 0 fully saturated rings. The van der Waals surface area contributed by atoms with Crippen molar-refractivity contribution in [1.82, 2.24) is 0 Å². The van der Waals surface area contributed by atoms with Crippen LogP contribution < -0.4 is 10.1 Å². The van der Waals surface area contributed by atoms with Gasteiger partial charge in [0.25, 0.3) is 0 Å². The Morgan fingerprint density at radius 2 is 1.74 bits per heavy atom. The fourth-order valence-electron chi connectivity index (χ4n) is 2.80.